The number of rotatable bonds is 13. The molecular formula is C37H43N3O4S. The lowest BCUT2D eigenvalue weighted by Crippen LogP contribution is -2.54. The smallest absolute Gasteiger partial charge is 0.264 e. The lowest BCUT2D eigenvalue weighted by molar-refractivity contribution is -0.140. The molecule has 0 spiro atoms. The van der Waals surface area contributed by atoms with Crippen LogP contribution >= 0.6 is 0 Å². The van der Waals surface area contributed by atoms with Gasteiger partial charge in [0.2, 0.25) is 11.8 Å². The van der Waals surface area contributed by atoms with Gasteiger partial charge in [0.1, 0.15) is 12.6 Å². The van der Waals surface area contributed by atoms with Crippen LogP contribution < -0.4 is 9.62 Å². The molecule has 0 radical (unpaired) electrons. The first kappa shape index (κ1) is 33.5. The standard InChI is InChI=1S/C37H43N3O4S/c1-6-30(5)38-37(42)35(24-31-13-9-7-10-14-31)39(25-32-15-11-8-12-16-32)36(41)26-40(34-23-28(3)17-20-29(34)4)45(43,44)33-21-18-27(2)19-22-33/h7-23,30,35H,6,24-26H2,1-5H3,(H,38,42)/t30-,35-/m0/s1. The molecule has 0 aliphatic carbocycles. The number of amides is 2. The van der Waals surface area contributed by atoms with Crippen molar-refractivity contribution >= 4 is 27.5 Å². The van der Waals surface area contributed by atoms with E-state index in [9.17, 15) is 18.0 Å². The highest BCUT2D eigenvalue weighted by molar-refractivity contribution is 7.92. The van der Waals surface area contributed by atoms with Crippen molar-refractivity contribution in [2.24, 2.45) is 0 Å². The fourth-order valence-electron chi connectivity index (χ4n) is 5.11. The summed E-state index contributed by atoms with van der Waals surface area (Å²) in [6.45, 7) is 9.18. The maximum Gasteiger partial charge on any atom is 0.264 e. The fourth-order valence-corrected chi connectivity index (χ4v) is 6.58. The molecule has 8 heteroatoms. The number of nitrogens with one attached hydrogen (secondary N) is 1. The van der Waals surface area contributed by atoms with E-state index in [1.54, 1.807) is 30.3 Å². The minimum atomic E-state index is -4.15. The molecule has 236 valence electrons. The molecule has 0 heterocycles. The van der Waals surface area contributed by atoms with Crippen molar-refractivity contribution in [2.45, 2.75) is 71.0 Å². The van der Waals surface area contributed by atoms with E-state index in [2.05, 4.69) is 5.32 Å². The van der Waals surface area contributed by atoms with Crippen molar-refractivity contribution in [3.05, 3.63) is 131 Å². The molecule has 0 bridgehead atoms. The van der Waals surface area contributed by atoms with E-state index in [4.69, 9.17) is 0 Å². The van der Waals surface area contributed by atoms with Crippen molar-refractivity contribution < 1.29 is 18.0 Å². The van der Waals surface area contributed by atoms with Gasteiger partial charge in [0.25, 0.3) is 10.0 Å². The molecule has 0 fully saturated rings. The van der Waals surface area contributed by atoms with Crippen LogP contribution in [0.15, 0.2) is 108 Å². The molecule has 0 saturated heterocycles. The molecular weight excluding hydrogens is 582 g/mol. The molecule has 4 rings (SSSR count). The number of benzene rings is 4. The quantitative estimate of drug-likeness (QED) is 0.187. The third-order valence-corrected chi connectivity index (χ3v) is 9.76. The third kappa shape index (κ3) is 8.60. The van der Waals surface area contributed by atoms with Crippen LogP contribution in [-0.4, -0.2) is 43.8 Å². The van der Waals surface area contributed by atoms with Gasteiger partial charge in [-0.3, -0.25) is 13.9 Å². The second-order valence-corrected chi connectivity index (χ2v) is 13.5. The van der Waals surface area contributed by atoms with Crippen LogP contribution in [0.1, 0.15) is 48.1 Å². The van der Waals surface area contributed by atoms with E-state index < -0.39 is 28.5 Å². The topological polar surface area (TPSA) is 86.8 Å². The van der Waals surface area contributed by atoms with Gasteiger partial charge in [-0.15, -0.1) is 0 Å². The van der Waals surface area contributed by atoms with Gasteiger partial charge in [0.15, 0.2) is 0 Å². The zero-order chi connectivity index (χ0) is 32.6. The molecule has 2 amide bonds. The van der Waals surface area contributed by atoms with Gasteiger partial charge in [0, 0.05) is 19.0 Å². The lowest BCUT2D eigenvalue weighted by atomic mass is 10.0. The molecule has 4 aromatic carbocycles. The van der Waals surface area contributed by atoms with Gasteiger partial charge < -0.3 is 10.2 Å². The van der Waals surface area contributed by atoms with Gasteiger partial charge in [-0.1, -0.05) is 97.4 Å². The molecule has 0 aliphatic rings. The molecule has 4 aromatic rings. The van der Waals surface area contributed by atoms with E-state index in [1.165, 1.54) is 9.21 Å². The van der Waals surface area contributed by atoms with Crippen molar-refractivity contribution in [1.29, 1.82) is 0 Å². The van der Waals surface area contributed by atoms with E-state index in [0.717, 1.165) is 28.7 Å². The molecule has 45 heavy (non-hydrogen) atoms. The van der Waals surface area contributed by atoms with E-state index >= 15 is 0 Å². The third-order valence-electron chi connectivity index (χ3n) is 7.99. The van der Waals surface area contributed by atoms with Crippen LogP contribution in [0.2, 0.25) is 0 Å². The number of carbonyl (C=O) groups excluding carboxylic acids is 2. The first-order valence-electron chi connectivity index (χ1n) is 15.3. The minimum Gasteiger partial charge on any atom is -0.352 e. The Labute approximate surface area is 268 Å². The Morgan fingerprint density at radius 1 is 0.778 bits per heavy atom. The number of anilines is 1. The largest absolute Gasteiger partial charge is 0.352 e. The van der Waals surface area contributed by atoms with E-state index in [-0.39, 0.29) is 29.8 Å². The Morgan fingerprint density at radius 3 is 1.96 bits per heavy atom. The minimum absolute atomic E-state index is 0.0896. The summed E-state index contributed by atoms with van der Waals surface area (Å²) in [5.41, 5.74) is 4.66. The molecule has 0 unspecified atom stereocenters. The molecule has 2 atom stereocenters. The van der Waals surface area contributed by atoms with Crippen LogP contribution in [0, 0.1) is 20.8 Å². The number of hydrogen-bond donors (Lipinski definition) is 1. The maximum absolute atomic E-state index is 14.6. The summed E-state index contributed by atoms with van der Waals surface area (Å²) in [5.74, 6) is -0.757. The van der Waals surface area contributed by atoms with Crippen LogP contribution in [0.5, 0.6) is 0 Å². The predicted octanol–water partition coefficient (Wildman–Crippen LogP) is 6.36. The van der Waals surface area contributed by atoms with Crippen LogP contribution in [-0.2, 0) is 32.6 Å². The maximum atomic E-state index is 14.6. The average molecular weight is 626 g/mol. The second-order valence-electron chi connectivity index (χ2n) is 11.6. The monoisotopic (exact) mass is 625 g/mol. The summed E-state index contributed by atoms with van der Waals surface area (Å²) < 4.78 is 29.7. The lowest BCUT2D eigenvalue weighted by Gasteiger charge is -2.34. The summed E-state index contributed by atoms with van der Waals surface area (Å²) in [7, 11) is -4.15. The second kappa shape index (κ2) is 15.0. The highest BCUT2D eigenvalue weighted by Crippen LogP contribution is 2.29. The Bertz CT molecular complexity index is 1690. The average Bonchev–Trinajstić information content (AvgIpc) is 3.03. The van der Waals surface area contributed by atoms with Crippen molar-refractivity contribution in [3.63, 3.8) is 0 Å². The zero-order valence-corrected chi connectivity index (χ0v) is 27.6. The normalized spacial score (nSPS) is 12.6. The Morgan fingerprint density at radius 2 is 1.36 bits per heavy atom. The van der Waals surface area contributed by atoms with Crippen LogP contribution in [0.4, 0.5) is 5.69 Å². The highest BCUT2D eigenvalue weighted by Gasteiger charge is 2.35. The first-order valence-corrected chi connectivity index (χ1v) is 16.8. The summed E-state index contributed by atoms with van der Waals surface area (Å²) in [4.78, 5) is 30.1. The van der Waals surface area contributed by atoms with Crippen LogP contribution in [0.3, 0.4) is 0 Å². The molecule has 1 N–H and O–H groups in total. The van der Waals surface area contributed by atoms with Crippen LogP contribution in [0.25, 0.3) is 0 Å². The van der Waals surface area contributed by atoms with Gasteiger partial charge in [-0.05, 0) is 74.6 Å². The van der Waals surface area contributed by atoms with Gasteiger partial charge in [-0.25, -0.2) is 8.42 Å². The zero-order valence-electron chi connectivity index (χ0n) is 26.7. The predicted molar refractivity (Wildman–Crippen MR) is 180 cm³/mol. The number of carbonyl (C=O) groups is 2. The summed E-state index contributed by atoms with van der Waals surface area (Å²) in [6.07, 6.45) is 1.00. The van der Waals surface area contributed by atoms with Crippen molar-refractivity contribution in [3.8, 4) is 0 Å². The summed E-state index contributed by atoms with van der Waals surface area (Å²) in [6, 6.07) is 30.2. The molecule has 0 aliphatic heterocycles. The summed E-state index contributed by atoms with van der Waals surface area (Å²) >= 11 is 0. The van der Waals surface area contributed by atoms with E-state index in [1.807, 2.05) is 107 Å². The Balaban J connectivity index is 1.82. The molecule has 7 nitrogen and oxygen atoms in total. The molecule has 0 aromatic heterocycles. The first-order chi connectivity index (χ1) is 21.5. The fraction of sp³-hybridized carbons (Fsp3) is 0.297. The SMILES string of the molecule is CC[C@H](C)NC(=O)[C@H](Cc1ccccc1)N(Cc1ccccc1)C(=O)CN(c1cc(C)ccc1C)S(=O)(=O)c1ccc(C)cc1. The van der Waals surface area contributed by atoms with Crippen molar-refractivity contribution in [2.75, 3.05) is 10.8 Å². The van der Waals surface area contributed by atoms with Gasteiger partial charge >= 0.3 is 0 Å². The van der Waals surface area contributed by atoms with Gasteiger partial charge in [0.05, 0.1) is 10.6 Å². The highest BCUT2D eigenvalue weighted by atomic mass is 32.2. The summed E-state index contributed by atoms with van der Waals surface area (Å²) in [5, 5.41) is 3.07. The van der Waals surface area contributed by atoms with E-state index in [0.29, 0.717) is 11.3 Å². The Hall–Kier alpha value is -4.43. The number of aryl methyl sites for hydroxylation is 3. The van der Waals surface area contributed by atoms with Gasteiger partial charge in [-0.2, -0.15) is 0 Å². The molecule has 0 saturated carbocycles. The number of hydrogen-bond acceptors (Lipinski definition) is 4. The number of sulfonamides is 1. The van der Waals surface area contributed by atoms with Crippen molar-refractivity contribution in [1.82, 2.24) is 10.2 Å². The Kier molecular flexibility index (Phi) is 11.2. The number of nitrogens with zero attached hydrogens (tertiary/aromatic N) is 2.